The Morgan fingerprint density at radius 1 is 1.30 bits per heavy atom. The zero-order valence-corrected chi connectivity index (χ0v) is 14.8. The van der Waals surface area contributed by atoms with Gasteiger partial charge < -0.3 is 19.9 Å². The van der Waals surface area contributed by atoms with Crippen molar-refractivity contribution in [2.75, 3.05) is 23.8 Å². The Bertz CT molecular complexity index is 950. The molecule has 0 spiro atoms. The number of nitrogens with one attached hydrogen (secondary N) is 2. The second-order valence-corrected chi connectivity index (χ2v) is 6.62. The lowest BCUT2D eigenvalue weighted by Gasteiger charge is -2.13. The van der Waals surface area contributed by atoms with Crippen LogP contribution in [0, 0.1) is 5.82 Å². The van der Waals surface area contributed by atoms with Crippen molar-refractivity contribution in [3.63, 3.8) is 0 Å². The van der Waals surface area contributed by atoms with Crippen LogP contribution in [0.4, 0.5) is 15.8 Å². The molecular weight excluding hydrogens is 347 g/mol. The van der Waals surface area contributed by atoms with Crippen LogP contribution < -0.4 is 10.6 Å². The minimum absolute atomic E-state index is 0.112. The van der Waals surface area contributed by atoms with Crippen LogP contribution in [0.1, 0.15) is 12.8 Å². The average Bonchev–Trinajstić information content (AvgIpc) is 3.31. The fourth-order valence-electron chi connectivity index (χ4n) is 3.26. The highest BCUT2D eigenvalue weighted by Crippen LogP contribution is 2.21. The summed E-state index contributed by atoms with van der Waals surface area (Å²) in [4.78, 5) is 16.6. The van der Waals surface area contributed by atoms with E-state index in [1.165, 1.54) is 6.07 Å². The minimum atomic E-state index is -0.404. The molecule has 140 valence electrons. The van der Waals surface area contributed by atoms with Gasteiger partial charge in [-0.15, -0.1) is 0 Å². The number of carbonyl (C=O) groups is 1. The van der Waals surface area contributed by atoms with Gasteiger partial charge in [0, 0.05) is 18.8 Å². The number of hydrogen-bond acceptors (Lipinski definition) is 4. The second-order valence-electron chi connectivity index (χ2n) is 6.62. The van der Waals surface area contributed by atoms with Crippen LogP contribution in [0.2, 0.25) is 0 Å². The van der Waals surface area contributed by atoms with Gasteiger partial charge in [-0.2, -0.15) is 0 Å². The Labute approximate surface area is 156 Å². The molecule has 1 saturated heterocycles. The number of amides is 1. The summed E-state index contributed by atoms with van der Waals surface area (Å²) in [5.74, 6) is -0.642. The molecule has 0 unspecified atom stereocenters. The van der Waals surface area contributed by atoms with Crippen molar-refractivity contribution >= 4 is 28.3 Å². The standard InChI is InChI=1S/C20H21FN4O2/c21-16-10-14(7-8-17(16)22-11-15-4-3-9-27-15)24-20(26)12-25-13-23-18-5-1-2-6-19(18)25/h1-2,5-8,10,13,15,22H,3-4,9,11-12H2,(H,24,26)/t15-/m0/s1. The summed E-state index contributed by atoms with van der Waals surface area (Å²) >= 11 is 0. The topological polar surface area (TPSA) is 68.2 Å². The third-order valence-corrected chi connectivity index (χ3v) is 4.64. The molecule has 6 nitrogen and oxygen atoms in total. The number of ether oxygens (including phenoxy) is 1. The molecule has 1 aliphatic rings. The van der Waals surface area contributed by atoms with E-state index < -0.39 is 5.82 Å². The number of benzene rings is 2. The molecule has 0 radical (unpaired) electrons. The Kier molecular flexibility index (Phi) is 5.02. The van der Waals surface area contributed by atoms with Crippen molar-refractivity contribution in [2.45, 2.75) is 25.5 Å². The van der Waals surface area contributed by atoms with Crippen molar-refractivity contribution in [3.05, 3.63) is 54.6 Å². The van der Waals surface area contributed by atoms with Crippen molar-refractivity contribution in [2.24, 2.45) is 0 Å². The molecule has 1 amide bonds. The maximum absolute atomic E-state index is 14.3. The molecule has 3 aromatic rings. The van der Waals surface area contributed by atoms with Crippen LogP contribution in [0.5, 0.6) is 0 Å². The number of anilines is 2. The molecule has 2 aromatic carbocycles. The summed E-state index contributed by atoms with van der Waals surface area (Å²) in [6.45, 7) is 1.46. The number of nitrogens with zero attached hydrogens (tertiary/aromatic N) is 2. The van der Waals surface area contributed by atoms with E-state index in [1.54, 1.807) is 23.0 Å². The first-order valence-electron chi connectivity index (χ1n) is 9.04. The summed E-state index contributed by atoms with van der Waals surface area (Å²) in [5.41, 5.74) is 2.54. The highest BCUT2D eigenvalue weighted by Gasteiger charge is 2.16. The zero-order chi connectivity index (χ0) is 18.6. The minimum Gasteiger partial charge on any atom is -0.380 e. The van der Waals surface area contributed by atoms with Gasteiger partial charge in [-0.25, -0.2) is 9.37 Å². The number of para-hydroxylation sites is 2. The number of hydrogen-bond donors (Lipinski definition) is 2. The lowest BCUT2D eigenvalue weighted by molar-refractivity contribution is -0.116. The van der Waals surface area contributed by atoms with Crippen LogP contribution in [0.15, 0.2) is 48.8 Å². The summed E-state index contributed by atoms with van der Waals surface area (Å²) in [7, 11) is 0. The molecule has 0 bridgehead atoms. The smallest absolute Gasteiger partial charge is 0.244 e. The Hall–Kier alpha value is -2.93. The van der Waals surface area contributed by atoms with Gasteiger partial charge in [0.05, 0.1) is 29.2 Å². The highest BCUT2D eigenvalue weighted by atomic mass is 19.1. The van der Waals surface area contributed by atoms with Gasteiger partial charge in [0.2, 0.25) is 5.91 Å². The highest BCUT2D eigenvalue weighted by molar-refractivity contribution is 5.91. The van der Waals surface area contributed by atoms with Crippen molar-refractivity contribution in [1.82, 2.24) is 9.55 Å². The van der Waals surface area contributed by atoms with Crippen molar-refractivity contribution in [3.8, 4) is 0 Å². The van der Waals surface area contributed by atoms with Gasteiger partial charge in [0.15, 0.2) is 0 Å². The number of rotatable bonds is 6. The van der Waals surface area contributed by atoms with Crippen LogP contribution in [-0.4, -0.2) is 34.7 Å². The molecule has 1 fully saturated rings. The van der Waals surface area contributed by atoms with Gasteiger partial charge in [-0.3, -0.25) is 4.79 Å². The molecule has 7 heteroatoms. The van der Waals surface area contributed by atoms with E-state index in [2.05, 4.69) is 15.6 Å². The van der Waals surface area contributed by atoms with E-state index in [0.717, 1.165) is 30.5 Å². The predicted octanol–water partition coefficient (Wildman–Crippen LogP) is 3.41. The molecule has 0 saturated carbocycles. The molecule has 1 atom stereocenters. The number of imidazole rings is 1. The second kappa shape index (κ2) is 7.75. The first kappa shape index (κ1) is 17.5. The van der Waals surface area contributed by atoms with Gasteiger partial charge in [0.1, 0.15) is 12.4 Å². The predicted molar refractivity (Wildman–Crippen MR) is 102 cm³/mol. The molecular formula is C20H21FN4O2. The maximum atomic E-state index is 14.3. The summed E-state index contributed by atoms with van der Waals surface area (Å²) < 4.78 is 21.6. The van der Waals surface area contributed by atoms with E-state index in [9.17, 15) is 9.18 Å². The fraction of sp³-hybridized carbons (Fsp3) is 0.300. The molecule has 1 aromatic heterocycles. The zero-order valence-electron chi connectivity index (χ0n) is 14.8. The van der Waals surface area contributed by atoms with Gasteiger partial charge in [-0.05, 0) is 43.2 Å². The van der Waals surface area contributed by atoms with Crippen LogP contribution in [0.3, 0.4) is 0 Å². The summed E-state index contributed by atoms with van der Waals surface area (Å²) in [6, 6.07) is 12.2. The monoisotopic (exact) mass is 368 g/mol. The first-order valence-corrected chi connectivity index (χ1v) is 9.04. The quantitative estimate of drug-likeness (QED) is 0.700. The van der Waals surface area contributed by atoms with Gasteiger partial charge >= 0.3 is 0 Å². The Morgan fingerprint density at radius 2 is 2.19 bits per heavy atom. The van der Waals surface area contributed by atoms with E-state index in [0.29, 0.717) is 17.9 Å². The van der Waals surface area contributed by atoms with E-state index in [1.807, 2.05) is 24.3 Å². The lowest BCUT2D eigenvalue weighted by atomic mass is 10.2. The molecule has 27 heavy (non-hydrogen) atoms. The van der Waals surface area contributed by atoms with Crippen LogP contribution in [-0.2, 0) is 16.1 Å². The third-order valence-electron chi connectivity index (χ3n) is 4.64. The number of carbonyl (C=O) groups excluding carboxylic acids is 1. The normalized spacial score (nSPS) is 16.6. The van der Waals surface area contributed by atoms with Crippen LogP contribution >= 0.6 is 0 Å². The SMILES string of the molecule is O=C(Cn1cnc2ccccc21)Nc1ccc(NC[C@@H]2CCCO2)c(F)c1. The first-order chi connectivity index (χ1) is 13.2. The molecule has 4 rings (SSSR count). The maximum Gasteiger partial charge on any atom is 0.244 e. The lowest BCUT2D eigenvalue weighted by Crippen LogP contribution is -2.20. The van der Waals surface area contributed by atoms with Crippen molar-refractivity contribution in [1.29, 1.82) is 0 Å². The van der Waals surface area contributed by atoms with Crippen LogP contribution in [0.25, 0.3) is 11.0 Å². The number of fused-ring (bicyclic) bond motifs is 1. The Balaban J connectivity index is 1.37. The molecule has 0 aliphatic carbocycles. The fourth-order valence-corrected chi connectivity index (χ4v) is 3.26. The number of halogens is 1. The van der Waals surface area contributed by atoms with Gasteiger partial charge in [0.25, 0.3) is 0 Å². The average molecular weight is 368 g/mol. The number of aromatic nitrogens is 2. The van der Waals surface area contributed by atoms with E-state index in [4.69, 9.17) is 4.74 Å². The van der Waals surface area contributed by atoms with E-state index in [-0.39, 0.29) is 18.6 Å². The third kappa shape index (κ3) is 4.09. The Morgan fingerprint density at radius 3 is 3.00 bits per heavy atom. The molecule has 1 aliphatic heterocycles. The summed E-state index contributed by atoms with van der Waals surface area (Å²) in [5, 5.41) is 5.80. The van der Waals surface area contributed by atoms with Gasteiger partial charge in [-0.1, -0.05) is 12.1 Å². The largest absolute Gasteiger partial charge is 0.380 e. The summed E-state index contributed by atoms with van der Waals surface area (Å²) in [6.07, 6.45) is 3.80. The molecule has 2 N–H and O–H groups in total. The van der Waals surface area contributed by atoms with Crippen molar-refractivity contribution < 1.29 is 13.9 Å². The van der Waals surface area contributed by atoms with E-state index >= 15 is 0 Å². The molecule has 2 heterocycles.